The van der Waals surface area contributed by atoms with Crippen LogP contribution in [0.5, 0.6) is 0 Å². The molecule has 1 fully saturated rings. The first-order valence-electron chi connectivity index (χ1n) is 11.4. The van der Waals surface area contributed by atoms with Crippen LogP contribution in [0.15, 0.2) is 103 Å². The molecule has 1 aliphatic heterocycles. The fourth-order valence-electron chi connectivity index (χ4n) is 4.76. The van der Waals surface area contributed by atoms with Crippen LogP contribution >= 0.6 is 0 Å². The molecule has 0 amide bonds. The summed E-state index contributed by atoms with van der Waals surface area (Å²) in [6, 6.07) is 32.6. The smallest absolute Gasteiger partial charge is 0.400 e. The molecule has 0 N–H and O–H groups in total. The molecule has 0 aromatic heterocycles. The highest BCUT2D eigenvalue weighted by molar-refractivity contribution is 7.03. The van der Waals surface area contributed by atoms with E-state index in [9.17, 15) is 0 Å². The van der Waals surface area contributed by atoms with Crippen LogP contribution in [-0.2, 0) is 9.31 Å². The molecule has 1 saturated heterocycles. The van der Waals surface area contributed by atoms with Crippen LogP contribution in [-0.4, -0.2) is 26.4 Å². The Morgan fingerprint density at radius 3 is 1.50 bits per heavy atom. The third-order valence-corrected chi connectivity index (χ3v) is 12.3. The van der Waals surface area contributed by atoms with Crippen molar-refractivity contribution >= 4 is 25.6 Å². The number of benzene rings is 3. The van der Waals surface area contributed by atoms with E-state index in [1.54, 1.807) is 0 Å². The van der Waals surface area contributed by atoms with E-state index in [2.05, 4.69) is 132 Å². The van der Waals surface area contributed by atoms with Crippen LogP contribution in [0, 0.1) is 0 Å². The molecule has 0 saturated carbocycles. The molecule has 2 nitrogen and oxygen atoms in total. The van der Waals surface area contributed by atoms with Gasteiger partial charge in [0.2, 0.25) is 0 Å². The molecule has 0 aliphatic carbocycles. The summed E-state index contributed by atoms with van der Waals surface area (Å²) in [6.07, 6.45) is 0. The first-order valence-corrected chi connectivity index (χ1v) is 13.9. The first kappa shape index (κ1) is 22.8. The third kappa shape index (κ3) is 3.92. The lowest BCUT2D eigenvalue weighted by molar-refractivity contribution is 0.00578. The molecule has 1 atom stereocenters. The number of rotatable bonds is 6. The van der Waals surface area contributed by atoms with Crippen LogP contribution in [0.4, 0.5) is 0 Å². The SMILES string of the molecule is C=C(B1OC(C)(C)C(C)(C)O1)[C@H](c1ccccc1)[Si](C)(c1ccccc1)c1ccccc1. The molecule has 1 heterocycles. The van der Waals surface area contributed by atoms with E-state index in [0.29, 0.717) is 0 Å². The zero-order valence-electron chi connectivity index (χ0n) is 19.8. The Morgan fingerprint density at radius 2 is 1.09 bits per heavy atom. The molecule has 0 unspecified atom stereocenters. The Kier molecular flexibility index (Phi) is 6.06. The molecule has 3 aromatic rings. The summed E-state index contributed by atoms with van der Waals surface area (Å²) in [4.78, 5) is 0. The lowest BCUT2D eigenvalue weighted by Crippen LogP contribution is -2.61. The maximum atomic E-state index is 6.50. The van der Waals surface area contributed by atoms with E-state index in [1.165, 1.54) is 15.9 Å². The third-order valence-electron chi connectivity index (χ3n) is 7.38. The molecule has 4 rings (SSSR count). The average Bonchev–Trinajstić information content (AvgIpc) is 3.02. The summed E-state index contributed by atoms with van der Waals surface area (Å²) < 4.78 is 13.0. The molecule has 164 valence electrons. The highest BCUT2D eigenvalue weighted by atomic mass is 28.3. The Hall–Kier alpha value is -2.40. The Morgan fingerprint density at radius 1 is 0.719 bits per heavy atom. The predicted molar refractivity (Wildman–Crippen MR) is 138 cm³/mol. The molecule has 32 heavy (non-hydrogen) atoms. The molecule has 3 aromatic carbocycles. The van der Waals surface area contributed by atoms with Crippen LogP contribution in [0.25, 0.3) is 0 Å². The standard InChI is InChI=1S/C28H33BO2Si/c1-22(29-30-27(2,3)28(4,5)31-29)26(23-16-10-7-11-17-23)32(6,24-18-12-8-13-19-24)25-20-14-9-15-21-25/h7-21,26H,1H2,2-6H3/t26-/m1/s1. The van der Waals surface area contributed by atoms with Gasteiger partial charge in [0.15, 0.2) is 0 Å². The minimum absolute atomic E-state index is 0.0863. The van der Waals surface area contributed by atoms with E-state index in [1.807, 2.05) is 0 Å². The minimum atomic E-state index is -2.35. The van der Waals surface area contributed by atoms with E-state index < -0.39 is 26.4 Å². The van der Waals surface area contributed by atoms with Crippen molar-refractivity contribution in [1.82, 2.24) is 0 Å². The maximum Gasteiger partial charge on any atom is 0.490 e. The Bertz CT molecular complexity index is 1010. The molecule has 4 heteroatoms. The Labute approximate surface area is 194 Å². The molecule has 0 radical (unpaired) electrons. The zero-order valence-corrected chi connectivity index (χ0v) is 20.8. The van der Waals surface area contributed by atoms with Gasteiger partial charge in [-0.3, -0.25) is 0 Å². The fourth-order valence-corrected chi connectivity index (χ4v) is 9.27. The van der Waals surface area contributed by atoms with Gasteiger partial charge >= 0.3 is 7.12 Å². The summed E-state index contributed by atoms with van der Waals surface area (Å²) in [5.41, 5.74) is 1.53. The van der Waals surface area contributed by atoms with E-state index in [0.717, 1.165) is 5.47 Å². The summed E-state index contributed by atoms with van der Waals surface area (Å²) in [7, 11) is -2.81. The second kappa shape index (κ2) is 8.51. The zero-order chi connectivity index (χ0) is 23.0. The van der Waals surface area contributed by atoms with Gasteiger partial charge in [-0.1, -0.05) is 108 Å². The molecular weight excluding hydrogens is 407 g/mol. The second-order valence-corrected chi connectivity index (χ2v) is 14.1. The minimum Gasteiger partial charge on any atom is -0.400 e. The van der Waals surface area contributed by atoms with Crippen molar-refractivity contribution in [3.05, 3.63) is 109 Å². The van der Waals surface area contributed by atoms with Gasteiger partial charge < -0.3 is 9.31 Å². The monoisotopic (exact) mass is 440 g/mol. The average molecular weight is 440 g/mol. The first-order chi connectivity index (χ1) is 15.2. The van der Waals surface area contributed by atoms with Gasteiger partial charge in [0, 0.05) is 5.54 Å². The maximum absolute atomic E-state index is 6.50. The number of hydrogen-bond acceptors (Lipinski definition) is 2. The molecule has 1 aliphatic rings. The largest absolute Gasteiger partial charge is 0.490 e. The van der Waals surface area contributed by atoms with E-state index in [4.69, 9.17) is 9.31 Å². The van der Waals surface area contributed by atoms with Crippen molar-refractivity contribution in [1.29, 1.82) is 0 Å². The van der Waals surface area contributed by atoms with Crippen LogP contribution < -0.4 is 10.4 Å². The van der Waals surface area contributed by atoms with E-state index in [-0.39, 0.29) is 5.54 Å². The van der Waals surface area contributed by atoms with Crippen LogP contribution in [0.2, 0.25) is 6.55 Å². The lowest BCUT2D eigenvalue weighted by Gasteiger charge is -2.39. The van der Waals surface area contributed by atoms with Crippen molar-refractivity contribution < 1.29 is 9.31 Å². The summed E-state index contributed by atoms with van der Waals surface area (Å²) >= 11 is 0. The van der Waals surface area contributed by atoms with Gasteiger partial charge in [-0.25, -0.2) is 0 Å². The quantitative estimate of drug-likeness (QED) is 0.479. The topological polar surface area (TPSA) is 18.5 Å². The highest BCUT2D eigenvalue weighted by Crippen LogP contribution is 2.43. The van der Waals surface area contributed by atoms with Gasteiger partial charge in [0.05, 0.1) is 11.2 Å². The van der Waals surface area contributed by atoms with Crippen molar-refractivity contribution in [2.75, 3.05) is 0 Å². The second-order valence-electron chi connectivity index (χ2n) is 9.94. The normalized spacial score (nSPS) is 18.3. The molecule has 0 spiro atoms. The van der Waals surface area contributed by atoms with Gasteiger partial charge in [0.1, 0.15) is 8.07 Å². The van der Waals surface area contributed by atoms with Gasteiger partial charge in [0.25, 0.3) is 0 Å². The number of allylic oxidation sites excluding steroid dienone is 1. The summed E-state index contributed by atoms with van der Waals surface area (Å²) in [6.45, 7) is 15.5. The van der Waals surface area contributed by atoms with Crippen molar-refractivity contribution in [2.24, 2.45) is 0 Å². The van der Waals surface area contributed by atoms with Gasteiger partial charge in [-0.05, 0) is 38.7 Å². The molecular formula is C28H33BO2Si. The lowest BCUT2D eigenvalue weighted by atomic mass is 9.75. The molecule has 0 bridgehead atoms. The van der Waals surface area contributed by atoms with Crippen LogP contribution in [0.1, 0.15) is 38.8 Å². The fraction of sp³-hybridized carbons (Fsp3) is 0.286. The Balaban J connectivity index is 1.90. The van der Waals surface area contributed by atoms with Crippen molar-refractivity contribution in [2.45, 2.75) is 51.0 Å². The van der Waals surface area contributed by atoms with Crippen molar-refractivity contribution in [3.63, 3.8) is 0 Å². The predicted octanol–water partition coefficient (Wildman–Crippen LogP) is 5.39. The highest BCUT2D eigenvalue weighted by Gasteiger charge is 2.55. The van der Waals surface area contributed by atoms with Crippen LogP contribution in [0.3, 0.4) is 0 Å². The summed E-state index contributed by atoms with van der Waals surface area (Å²) in [5, 5.41) is 2.75. The van der Waals surface area contributed by atoms with Gasteiger partial charge in [-0.15, -0.1) is 6.58 Å². The van der Waals surface area contributed by atoms with E-state index >= 15 is 0 Å². The van der Waals surface area contributed by atoms with Crippen molar-refractivity contribution in [3.8, 4) is 0 Å². The summed E-state index contributed by atoms with van der Waals surface area (Å²) in [5.74, 6) is 0. The van der Waals surface area contributed by atoms with Gasteiger partial charge in [-0.2, -0.15) is 0 Å². The number of hydrogen-bond donors (Lipinski definition) is 0.